The molecule has 0 spiro atoms. The summed E-state index contributed by atoms with van der Waals surface area (Å²) in [6.07, 6.45) is 3.83. The predicted octanol–water partition coefficient (Wildman–Crippen LogP) is 1.72. The molecule has 0 aromatic carbocycles. The number of hydrogen-bond donors (Lipinski definition) is 1. The third-order valence-corrected chi connectivity index (χ3v) is 3.15. The van der Waals surface area contributed by atoms with Crippen molar-refractivity contribution in [1.29, 1.82) is 0 Å². The lowest BCUT2D eigenvalue weighted by molar-refractivity contribution is 0.397. The highest BCUT2D eigenvalue weighted by molar-refractivity contribution is 7.50. The van der Waals surface area contributed by atoms with Crippen molar-refractivity contribution in [2.75, 3.05) is 19.3 Å². The second-order valence-corrected chi connectivity index (χ2v) is 3.98. The molecule has 0 saturated carbocycles. The highest BCUT2D eigenvalue weighted by Crippen LogP contribution is 2.35. The van der Waals surface area contributed by atoms with Gasteiger partial charge in [0.15, 0.2) is 0 Å². The van der Waals surface area contributed by atoms with Gasteiger partial charge in [0.2, 0.25) is 0 Å². The molecule has 0 aromatic heterocycles. The van der Waals surface area contributed by atoms with E-state index in [1.54, 1.807) is 0 Å². The van der Waals surface area contributed by atoms with Crippen molar-refractivity contribution in [3.63, 3.8) is 0 Å². The number of hydrogen-bond acceptors (Lipinski definition) is 2. The third kappa shape index (κ3) is 2.61. The standard InChI is InChI=1S/C6H14NOP/c1-2-3-6-9-7-4-5-8-9/h7H,2-6H2,1H3. The lowest BCUT2D eigenvalue weighted by Gasteiger charge is -2.06. The summed E-state index contributed by atoms with van der Waals surface area (Å²) in [4.78, 5) is 0. The Bertz CT molecular complexity index is 73.5. The summed E-state index contributed by atoms with van der Waals surface area (Å²) in [5.74, 6) is 0. The van der Waals surface area contributed by atoms with Crippen LogP contribution in [0.5, 0.6) is 0 Å². The van der Waals surface area contributed by atoms with E-state index in [-0.39, 0.29) is 8.30 Å². The quantitative estimate of drug-likeness (QED) is 0.613. The average Bonchev–Trinajstić information content (AvgIpc) is 2.34. The van der Waals surface area contributed by atoms with Gasteiger partial charge in [-0.1, -0.05) is 13.3 Å². The van der Waals surface area contributed by atoms with E-state index in [9.17, 15) is 0 Å². The maximum absolute atomic E-state index is 5.41. The number of rotatable bonds is 3. The Balaban J connectivity index is 1.98. The second kappa shape index (κ2) is 4.21. The van der Waals surface area contributed by atoms with Crippen molar-refractivity contribution >= 4 is 8.30 Å². The van der Waals surface area contributed by atoms with E-state index in [0.29, 0.717) is 0 Å². The normalized spacial score (nSPS) is 27.0. The van der Waals surface area contributed by atoms with Crippen LogP contribution in [0.25, 0.3) is 0 Å². The molecular formula is C6H14NOP. The van der Waals surface area contributed by atoms with Crippen LogP contribution in [0.3, 0.4) is 0 Å². The van der Waals surface area contributed by atoms with Gasteiger partial charge in [-0.15, -0.1) is 0 Å². The molecule has 54 valence electrons. The lowest BCUT2D eigenvalue weighted by Crippen LogP contribution is -2.01. The van der Waals surface area contributed by atoms with Gasteiger partial charge in [-0.25, -0.2) is 0 Å². The first-order valence-corrected chi connectivity index (χ1v) is 5.02. The first-order valence-electron chi connectivity index (χ1n) is 3.57. The SMILES string of the molecule is CCCCP1NCCO1. The Kier molecular flexibility index (Phi) is 3.49. The molecule has 3 heteroatoms. The fourth-order valence-corrected chi connectivity index (χ4v) is 2.45. The smallest absolute Gasteiger partial charge is 0.101 e. The van der Waals surface area contributed by atoms with E-state index >= 15 is 0 Å². The maximum atomic E-state index is 5.41. The molecule has 0 aliphatic carbocycles. The van der Waals surface area contributed by atoms with E-state index in [1.165, 1.54) is 19.0 Å². The molecular weight excluding hydrogens is 133 g/mol. The van der Waals surface area contributed by atoms with Crippen molar-refractivity contribution < 1.29 is 4.52 Å². The minimum atomic E-state index is -0.201. The Hall–Kier alpha value is 0.350. The van der Waals surface area contributed by atoms with Crippen LogP contribution < -0.4 is 5.09 Å². The molecule has 9 heavy (non-hydrogen) atoms. The zero-order valence-electron chi connectivity index (χ0n) is 5.89. The van der Waals surface area contributed by atoms with Gasteiger partial charge in [-0.2, -0.15) is 0 Å². The van der Waals surface area contributed by atoms with E-state index < -0.39 is 0 Å². The van der Waals surface area contributed by atoms with Crippen molar-refractivity contribution in [1.82, 2.24) is 5.09 Å². The van der Waals surface area contributed by atoms with Crippen LogP contribution in [0.4, 0.5) is 0 Å². The Morgan fingerprint density at radius 1 is 1.67 bits per heavy atom. The van der Waals surface area contributed by atoms with Crippen molar-refractivity contribution in [3.05, 3.63) is 0 Å². The summed E-state index contributed by atoms with van der Waals surface area (Å²) in [6.45, 7) is 4.20. The second-order valence-electron chi connectivity index (χ2n) is 2.20. The Morgan fingerprint density at radius 3 is 3.11 bits per heavy atom. The monoisotopic (exact) mass is 147 g/mol. The summed E-state index contributed by atoms with van der Waals surface area (Å²) < 4.78 is 5.41. The summed E-state index contributed by atoms with van der Waals surface area (Å²) >= 11 is 0. The van der Waals surface area contributed by atoms with Gasteiger partial charge >= 0.3 is 0 Å². The van der Waals surface area contributed by atoms with Gasteiger partial charge in [-0.3, -0.25) is 5.09 Å². The molecule has 0 radical (unpaired) electrons. The highest BCUT2D eigenvalue weighted by Gasteiger charge is 2.12. The van der Waals surface area contributed by atoms with Crippen LogP contribution in [-0.4, -0.2) is 19.3 Å². The van der Waals surface area contributed by atoms with Crippen LogP contribution in [0.15, 0.2) is 0 Å². The third-order valence-electron chi connectivity index (χ3n) is 1.35. The number of unbranched alkanes of at least 4 members (excludes halogenated alkanes) is 1. The van der Waals surface area contributed by atoms with E-state index in [2.05, 4.69) is 12.0 Å². The summed E-state index contributed by atoms with van der Waals surface area (Å²) in [7, 11) is -0.201. The van der Waals surface area contributed by atoms with E-state index in [0.717, 1.165) is 13.2 Å². The fraction of sp³-hybridized carbons (Fsp3) is 1.00. The van der Waals surface area contributed by atoms with Crippen LogP contribution in [0.1, 0.15) is 19.8 Å². The molecule has 0 amide bonds. The summed E-state index contributed by atoms with van der Waals surface area (Å²) in [5, 5.41) is 3.33. The van der Waals surface area contributed by atoms with E-state index in [1.807, 2.05) is 0 Å². The van der Waals surface area contributed by atoms with Gasteiger partial charge in [-0.05, 0) is 6.42 Å². The average molecular weight is 147 g/mol. The molecule has 0 aromatic rings. The van der Waals surface area contributed by atoms with Gasteiger partial charge in [0, 0.05) is 12.7 Å². The fourth-order valence-electron chi connectivity index (χ4n) is 0.817. The predicted molar refractivity (Wildman–Crippen MR) is 40.6 cm³/mol. The summed E-state index contributed by atoms with van der Waals surface area (Å²) in [5.41, 5.74) is 0. The molecule has 1 fully saturated rings. The van der Waals surface area contributed by atoms with Crippen LogP contribution >= 0.6 is 8.30 Å². The first kappa shape index (κ1) is 7.46. The Morgan fingerprint density at radius 2 is 2.56 bits per heavy atom. The van der Waals surface area contributed by atoms with Gasteiger partial charge in [0.1, 0.15) is 8.30 Å². The molecule has 1 rings (SSSR count). The maximum Gasteiger partial charge on any atom is 0.101 e. The zero-order valence-corrected chi connectivity index (χ0v) is 6.79. The molecule has 0 bridgehead atoms. The molecule has 1 saturated heterocycles. The van der Waals surface area contributed by atoms with Crippen molar-refractivity contribution in [2.45, 2.75) is 19.8 Å². The largest absolute Gasteiger partial charge is 0.342 e. The molecule has 2 nitrogen and oxygen atoms in total. The van der Waals surface area contributed by atoms with Gasteiger partial charge < -0.3 is 4.52 Å². The minimum absolute atomic E-state index is 0.201. The minimum Gasteiger partial charge on any atom is -0.342 e. The molecule has 1 atom stereocenters. The Labute approximate surface area is 57.9 Å². The molecule has 1 N–H and O–H groups in total. The molecule has 1 aliphatic rings. The molecule has 1 unspecified atom stereocenters. The molecule has 1 aliphatic heterocycles. The topological polar surface area (TPSA) is 21.3 Å². The summed E-state index contributed by atoms with van der Waals surface area (Å²) in [6, 6.07) is 0. The van der Waals surface area contributed by atoms with Crippen LogP contribution in [0.2, 0.25) is 0 Å². The van der Waals surface area contributed by atoms with Crippen molar-refractivity contribution in [2.24, 2.45) is 0 Å². The van der Waals surface area contributed by atoms with Gasteiger partial charge in [0.25, 0.3) is 0 Å². The highest BCUT2D eigenvalue weighted by atomic mass is 31.2. The first-order chi connectivity index (χ1) is 4.43. The van der Waals surface area contributed by atoms with Gasteiger partial charge in [0.05, 0.1) is 6.61 Å². The van der Waals surface area contributed by atoms with Crippen LogP contribution in [0, 0.1) is 0 Å². The molecule has 1 heterocycles. The zero-order chi connectivity index (χ0) is 6.53. The van der Waals surface area contributed by atoms with Crippen LogP contribution in [-0.2, 0) is 4.52 Å². The number of nitrogens with one attached hydrogen (secondary N) is 1. The lowest BCUT2D eigenvalue weighted by atomic mass is 10.4. The van der Waals surface area contributed by atoms with E-state index in [4.69, 9.17) is 4.52 Å². The van der Waals surface area contributed by atoms with Crippen molar-refractivity contribution in [3.8, 4) is 0 Å².